The van der Waals surface area contributed by atoms with E-state index in [2.05, 4.69) is 15.2 Å². The quantitative estimate of drug-likeness (QED) is 0.767. The maximum absolute atomic E-state index is 5.87. The van der Waals surface area contributed by atoms with E-state index < -0.39 is 0 Å². The van der Waals surface area contributed by atoms with Gasteiger partial charge >= 0.3 is 0 Å². The van der Waals surface area contributed by atoms with Crippen LogP contribution in [0.25, 0.3) is 0 Å². The first-order valence-electron chi connectivity index (χ1n) is 4.54. The van der Waals surface area contributed by atoms with Crippen molar-refractivity contribution in [2.45, 2.75) is 0 Å². The van der Waals surface area contributed by atoms with Crippen molar-refractivity contribution in [3.05, 3.63) is 29.3 Å². The Kier molecular flexibility index (Phi) is 2.59. The van der Waals surface area contributed by atoms with Gasteiger partial charge in [-0.25, -0.2) is 0 Å². The fourth-order valence-electron chi connectivity index (χ4n) is 1.36. The van der Waals surface area contributed by atoms with Gasteiger partial charge in [0.05, 0.1) is 6.54 Å². The molecule has 2 rings (SSSR count). The molecule has 1 aromatic rings. The summed E-state index contributed by atoms with van der Waals surface area (Å²) in [7, 11) is 2.02. The monoisotopic (exact) mass is 209 g/mol. The first-order valence-corrected chi connectivity index (χ1v) is 4.92. The fourth-order valence-corrected chi connectivity index (χ4v) is 1.55. The van der Waals surface area contributed by atoms with Gasteiger partial charge in [-0.3, -0.25) is 4.99 Å². The van der Waals surface area contributed by atoms with Crippen LogP contribution in [0.2, 0.25) is 5.02 Å². The summed E-state index contributed by atoms with van der Waals surface area (Å²) < 4.78 is 0. The van der Waals surface area contributed by atoms with E-state index in [1.54, 1.807) is 0 Å². The van der Waals surface area contributed by atoms with Crippen LogP contribution < -0.4 is 5.32 Å². The van der Waals surface area contributed by atoms with Gasteiger partial charge < -0.3 is 10.2 Å². The SMILES string of the molecule is CN1CCN=C1Nc1cccc(Cl)c1. The lowest BCUT2D eigenvalue weighted by molar-refractivity contribution is 0.555. The third-order valence-corrected chi connectivity index (χ3v) is 2.37. The van der Waals surface area contributed by atoms with Crippen molar-refractivity contribution in [2.24, 2.45) is 4.99 Å². The molecular weight excluding hydrogens is 198 g/mol. The normalized spacial score (nSPS) is 15.6. The van der Waals surface area contributed by atoms with Crippen LogP contribution in [0.15, 0.2) is 29.3 Å². The average molecular weight is 210 g/mol. The Morgan fingerprint density at radius 2 is 2.36 bits per heavy atom. The highest BCUT2D eigenvalue weighted by Crippen LogP contribution is 2.15. The zero-order valence-corrected chi connectivity index (χ0v) is 8.75. The number of hydrogen-bond acceptors (Lipinski definition) is 3. The summed E-state index contributed by atoms with van der Waals surface area (Å²) in [4.78, 5) is 6.41. The number of benzene rings is 1. The van der Waals surface area contributed by atoms with Gasteiger partial charge in [0.15, 0.2) is 5.96 Å². The van der Waals surface area contributed by atoms with E-state index in [9.17, 15) is 0 Å². The second-order valence-corrected chi connectivity index (χ2v) is 3.70. The van der Waals surface area contributed by atoms with Crippen molar-refractivity contribution >= 4 is 23.2 Å². The second kappa shape index (κ2) is 3.88. The summed E-state index contributed by atoms with van der Waals surface area (Å²) in [5, 5.41) is 3.96. The molecule has 0 unspecified atom stereocenters. The highest BCUT2D eigenvalue weighted by atomic mass is 35.5. The molecule has 0 aromatic heterocycles. The topological polar surface area (TPSA) is 27.6 Å². The van der Waals surface area contributed by atoms with Gasteiger partial charge in [-0.2, -0.15) is 0 Å². The fraction of sp³-hybridized carbons (Fsp3) is 0.300. The minimum Gasteiger partial charge on any atom is -0.344 e. The van der Waals surface area contributed by atoms with E-state index >= 15 is 0 Å². The Balaban J connectivity index is 2.11. The molecule has 1 heterocycles. The van der Waals surface area contributed by atoms with Crippen molar-refractivity contribution < 1.29 is 0 Å². The summed E-state index contributed by atoms with van der Waals surface area (Å²) in [5.74, 6) is 0.910. The van der Waals surface area contributed by atoms with Crippen molar-refractivity contribution in [1.82, 2.24) is 4.90 Å². The highest BCUT2D eigenvalue weighted by molar-refractivity contribution is 6.30. The molecule has 0 atom stereocenters. The number of nitrogens with zero attached hydrogens (tertiary/aromatic N) is 2. The molecule has 4 heteroatoms. The highest BCUT2D eigenvalue weighted by Gasteiger charge is 2.11. The van der Waals surface area contributed by atoms with Crippen LogP contribution in [0.4, 0.5) is 5.69 Å². The standard InChI is InChI=1S/C10H12ClN3/c1-14-6-5-12-10(14)13-9-4-2-3-8(11)7-9/h2-4,7H,5-6H2,1H3,(H,12,13). The molecule has 0 bridgehead atoms. The van der Waals surface area contributed by atoms with Crippen molar-refractivity contribution in [3.63, 3.8) is 0 Å². The van der Waals surface area contributed by atoms with Crippen molar-refractivity contribution in [2.75, 3.05) is 25.5 Å². The molecule has 1 aliphatic rings. The molecule has 0 amide bonds. The molecule has 0 aliphatic carbocycles. The first kappa shape index (κ1) is 9.34. The number of nitrogens with one attached hydrogen (secondary N) is 1. The molecule has 14 heavy (non-hydrogen) atoms. The van der Waals surface area contributed by atoms with Gasteiger partial charge in [0.2, 0.25) is 0 Å². The number of hydrogen-bond donors (Lipinski definition) is 1. The van der Waals surface area contributed by atoms with Gasteiger partial charge in [-0.05, 0) is 18.2 Å². The van der Waals surface area contributed by atoms with Gasteiger partial charge in [0.25, 0.3) is 0 Å². The lowest BCUT2D eigenvalue weighted by Crippen LogP contribution is -2.28. The first-order chi connectivity index (χ1) is 6.75. The molecule has 0 spiro atoms. The second-order valence-electron chi connectivity index (χ2n) is 3.26. The van der Waals surface area contributed by atoms with Crippen LogP contribution in [-0.4, -0.2) is 31.0 Å². The van der Waals surface area contributed by atoms with Crippen LogP contribution in [0.3, 0.4) is 0 Å². The number of anilines is 1. The molecule has 0 fully saturated rings. The van der Waals surface area contributed by atoms with E-state index in [1.165, 1.54) is 0 Å². The zero-order valence-electron chi connectivity index (χ0n) is 8.00. The van der Waals surface area contributed by atoms with E-state index in [0.717, 1.165) is 29.8 Å². The minimum atomic E-state index is 0.733. The maximum atomic E-state index is 5.87. The number of guanidine groups is 1. The molecular formula is C10H12ClN3. The van der Waals surface area contributed by atoms with Gasteiger partial charge in [-0.1, -0.05) is 17.7 Å². The van der Waals surface area contributed by atoms with E-state index in [-0.39, 0.29) is 0 Å². The molecule has 1 aliphatic heterocycles. The Morgan fingerprint density at radius 1 is 1.50 bits per heavy atom. The number of likely N-dealkylation sites (N-methyl/N-ethyl adjacent to an activating group) is 1. The van der Waals surface area contributed by atoms with Gasteiger partial charge in [0, 0.05) is 24.3 Å². The number of aliphatic imine (C=N–C) groups is 1. The average Bonchev–Trinajstić information content (AvgIpc) is 2.52. The zero-order chi connectivity index (χ0) is 9.97. The number of halogens is 1. The molecule has 74 valence electrons. The number of rotatable bonds is 1. The summed E-state index contributed by atoms with van der Waals surface area (Å²) >= 11 is 5.87. The predicted molar refractivity (Wildman–Crippen MR) is 60.0 cm³/mol. The molecule has 0 saturated carbocycles. The Bertz CT molecular complexity index is 362. The largest absolute Gasteiger partial charge is 0.344 e. The molecule has 3 nitrogen and oxygen atoms in total. The Labute approximate surface area is 88.4 Å². The third-order valence-electron chi connectivity index (χ3n) is 2.14. The minimum absolute atomic E-state index is 0.733. The summed E-state index contributed by atoms with van der Waals surface area (Å²) in [5.41, 5.74) is 0.977. The van der Waals surface area contributed by atoms with Crippen molar-refractivity contribution in [3.8, 4) is 0 Å². The van der Waals surface area contributed by atoms with Crippen LogP contribution >= 0.6 is 11.6 Å². The van der Waals surface area contributed by atoms with Crippen molar-refractivity contribution in [1.29, 1.82) is 0 Å². The molecule has 1 aromatic carbocycles. The Morgan fingerprint density at radius 3 is 3.00 bits per heavy atom. The molecule has 0 radical (unpaired) electrons. The van der Waals surface area contributed by atoms with Crippen LogP contribution in [0, 0.1) is 0 Å². The molecule has 0 saturated heterocycles. The predicted octanol–water partition coefficient (Wildman–Crippen LogP) is 2.05. The van der Waals surface area contributed by atoms with E-state index in [4.69, 9.17) is 11.6 Å². The summed E-state index contributed by atoms with van der Waals surface area (Å²) in [6, 6.07) is 7.63. The van der Waals surface area contributed by atoms with E-state index in [1.807, 2.05) is 31.3 Å². The molecule has 1 N–H and O–H groups in total. The third kappa shape index (κ3) is 1.99. The van der Waals surface area contributed by atoms with Crippen LogP contribution in [0.1, 0.15) is 0 Å². The Hall–Kier alpha value is -1.22. The van der Waals surface area contributed by atoms with Gasteiger partial charge in [-0.15, -0.1) is 0 Å². The maximum Gasteiger partial charge on any atom is 0.198 e. The lowest BCUT2D eigenvalue weighted by Gasteiger charge is -2.15. The van der Waals surface area contributed by atoms with E-state index in [0.29, 0.717) is 0 Å². The van der Waals surface area contributed by atoms with Crippen LogP contribution in [0.5, 0.6) is 0 Å². The summed E-state index contributed by atoms with van der Waals surface area (Å²) in [6.07, 6.45) is 0. The van der Waals surface area contributed by atoms with Crippen LogP contribution in [-0.2, 0) is 0 Å². The smallest absolute Gasteiger partial charge is 0.198 e. The lowest BCUT2D eigenvalue weighted by atomic mass is 10.3. The summed E-state index contributed by atoms with van der Waals surface area (Å²) in [6.45, 7) is 1.84. The van der Waals surface area contributed by atoms with Gasteiger partial charge in [0.1, 0.15) is 0 Å².